The van der Waals surface area contributed by atoms with Crippen LogP contribution >= 0.6 is 11.3 Å². The lowest BCUT2D eigenvalue weighted by molar-refractivity contribution is -0.130. The smallest absolute Gasteiger partial charge is 0.323 e. The average molecular weight is 429 g/mol. The largest absolute Gasteiger partial charge is 0.341 e. The molecule has 1 aliphatic heterocycles. The number of amides is 3. The summed E-state index contributed by atoms with van der Waals surface area (Å²) >= 11 is 1.49. The zero-order valence-corrected chi connectivity index (χ0v) is 17.9. The standard InChI is InChI=1S/C21H28N6O2S/c28-18(15-17-9-4-5-10-22-17)26-11-6-12-27(14-13-26)21(29)23-20-25-24-19(30-20)16-7-2-1-3-8-16/h4-5,9-10,16H,1-3,6-8,11-15H2,(H,23,25,29). The molecular weight excluding hydrogens is 400 g/mol. The van der Waals surface area contributed by atoms with Gasteiger partial charge in [0.15, 0.2) is 0 Å². The molecule has 2 aromatic heterocycles. The van der Waals surface area contributed by atoms with E-state index in [1.807, 2.05) is 23.1 Å². The Kier molecular flexibility index (Phi) is 6.88. The number of nitrogens with one attached hydrogen (secondary N) is 1. The Labute approximate surface area is 180 Å². The molecule has 4 rings (SSSR count). The summed E-state index contributed by atoms with van der Waals surface area (Å²) in [7, 11) is 0. The lowest BCUT2D eigenvalue weighted by Crippen LogP contribution is -2.39. The summed E-state index contributed by atoms with van der Waals surface area (Å²) in [6.45, 7) is 2.31. The lowest BCUT2D eigenvalue weighted by atomic mass is 9.90. The molecule has 0 bridgehead atoms. The number of carbonyl (C=O) groups excluding carboxylic acids is 2. The molecule has 9 heteroatoms. The summed E-state index contributed by atoms with van der Waals surface area (Å²) < 4.78 is 0. The maximum atomic E-state index is 12.7. The Morgan fingerprint density at radius 2 is 1.80 bits per heavy atom. The summed E-state index contributed by atoms with van der Waals surface area (Å²) in [5.41, 5.74) is 0.770. The van der Waals surface area contributed by atoms with Gasteiger partial charge in [-0.2, -0.15) is 0 Å². The fourth-order valence-electron chi connectivity index (χ4n) is 4.11. The SMILES string of the molecule is O=C(Cc1ccccn1)N1CCCN(C(=O)Nc2nnc(C3CCCCC3)s2)CC1. The lowest BCUT2D eigenvalue weighted by Gasteiger charge is -2.22. The second-order valence-electron chi connectivity index (χ2n) is 7.93. The van der Waals surface area contributed by atoms with E-state index >= 15 is 0 Å². The van der Waals surface area contributed by atoms with Crippen LogP contribution in [0, 0.1) is 0 Å². The molecule has 2 fully saturated rings. The van der Waals surface area contributed by atoms with Crippen LogP contribution in [0.5, 0.6) is 0 Å². The molecule has 0 atom stereocenters. The first-order valence-electron chi connectivity index (χ1n) is 10.8. The molecule has 3 heterocycles. The van der Waals surface area contributed by atoms with Crippen LogP contribution in [-0.4, -0.2) is 63.1 Å². The van der Waals surface area contributed by atoms with Gasteiger partial charge < -0.3 is 9.80 Å². The van der Waals surface area contributed by atoms with Crippen LogP contribution in [0.1, 0.15) is 55.1 Å². The van der Waals surface area contributed by atoms with E-state index in [-0.39, 0.29) is 11.9 Å². The van der Waals surface area contributed by atoms with Crippen LogP contribution in [0.15, 0.2) is 24.4 Å². The molecule has 2 aromatic rings. The molecule has 8 nitrogen and oxygen atoms in total. The number of carbonyl (C=O) groups is 2. The van der Waals surface area contributed by atoms with Crippen molar-refractivity contribution in [1.82, 2.24) is 25.0 Å². The molecule has 1 aliphatic carbocycles. The number of anilines is 1. The molecule has 30 heavy (non-hydrogen) atoms. The Morgan fingerprint density at radius 1 is 1.00 bits per heavy atom. The summed E-state index contributed by atoms with van der Waals surface area (Å²) in [5.74, 6) is 0.538. The summed E-state index contributed by atoms with van der Waals surface area (Å²) in [4.78, 5) is 33.1. The third kappa shape index (κ3) is 5.33. The van der Waals surface area contributed by atoms with Gasteiger partial charge in [-0.1, -0.05) is 36.7 Å². The third-order valence-corrected chi connectivity index (χ3v) is 6.80. The fraction of sp³-hybridized carbons (Fsp3) is 0.571. The van der Waals surface area contributed by atoms with E-state index < -0.39 is 0 Å². The highest BCUT2D eigenvalue weighted by Crippen LogP contribution is 2.35. The summed E-state index contributed by atoms with van der Waals surface area (Å²) in [6, 6.07) is 5.42. The van der Waals surface area contributed by atoms with Gasteiger partial charge in [0, 0.05) is 44.0 Å². The Bertz CT molecular complexity index is 852. The van der Waals surface area contributed by atoms with E-state index in [1.165, 1.54) is 30.6 Å². The minimum atomic E-state index is -0.166. The van der Waals surface area contributed by atoms with E-state index in [1.54, 1.807) is 11.1 Å². The number of nitrogens with zero attached hydrogens (tertiary/aromatic N) is 5. The first kappa shape index (κ1) is 20.7. The predicted molar refractivity (Wildman–Crippen MR) is 115 cm³/mol. The van der Waals surface area contributed by atoms with Crippen molar-refractivity contribution in [3.63, 3.8) is 0 Å². The highest BCUT2D eigenvalue weighted by atomic mass is 32.1. The Balaban J connectivity index is 1.28. The van der Waals surface area contributed by atoms with Gasteiger partial charge in [-0.05, 0) is 31.4 Å². The van der Waals surface area contributed by atoms with Crippen molar-refractivity contribution in [2.24, 2.45) is 0 Å². The highest BCUT2D eigenvalue weighted by molar-refractivity contribution is 7.15. The van der Waals surface area contributed by atoms with Gasteiger partial charge in [0.05, 0.1) is 6.42 Å². The van der Waals surface area contributed by atoms with Gasteiger partial charge in [-0.15, -0.1) is 10.2 Å². The fourth-order valence-corrected chi connectivity index (χ4v) is 5.01. The number of pyridine rings is 1. The zero-order valence-electron chi connectivity index (χ0n) is 17.1. The van der Waals surface area contributed by atoms with Gasteiger partial charge in [0.1, 0.15) is 5.01 Å². The van der Waals surface area contributed by atoms with Crippen LogP contribution in [0.2, 0.25) is 0 Å². The van der Waals surface area contributed by atoms with Crippen molar-refractivity contribution in [2.45, 2.75) is 50.9 Å². The molecule has 1 saturated heterocycles. The summed E-state index contributed by atoms with van der Waals surface area (Å²) in [5, 5.41) is 13.0. The van der Waals surface area contributed by atoms with Crippen molar-refractivity contribution >= 4 is 28.4 Å². The number of urea groups is 1. The van der Waals surface area contributed by atoms with Crippen LogP contribution in [-0.2, 0) is 11.2 Å². The van der Waals surface area contributed by atoms with E-state index in [4.69, 9.17) is 0 Å². The second kappa shape index (κ2) is 9.97. The maximum Gasteiger partial charge on any atom is 0.323 e. The third-order valence-electron chi connectivity index (χ3n) is 5.80. The zero-order chi connectivity index (χ0) is 20.8. The minimum Gasteiger partial charge on any atom is -0.341 e. The average Bonchev–Trinajstić information content (AvgIpc) is 3.09. The van der Waals surface area contributed by atoms with Crippen LogP contribution in [0.3, 0.4) is 0 Å². The predicted octanol–water partition coefficient (Wildman–Crippen LogP) is 3.29. The van der Waals surface area contributed by atoms with Crippen LogP contribution in [0.4, 0.5) is 9.93 Å². The van der Waals surface area contributed by atoms with Crippen molar-refractivity contribution < 1.29 is 9.59 Å². The topological polar surface area (TPSA) is 91.3 Å². The number of rotatable bonds is 4. The van der Waals surface area contributed by atoms with Crippen molar-refractivity contribution in [3.8, 4) is 0 Å². The molecule has 1 saturated carbocycles. The summed E-state index contributed by atoms with van der Waals surface area (Å²) in [6.07, 6.45) is 8.87. The van der Waals surface area contributed by atoms with Gasteiger partial charge in [-0.3, -0.25) is 15.1 Å². The van der Waals surface area contributed by atoms with E-state index in [2.05, 4.69) is 20.5 Å². The van der Waals surface area contributed by atoms with Gasteiger partial charge >= 0.3 is 6.03 Å². The molecular formula is C21H28N6O2S. The number of aromatic nitrogens is 3. The van der Waals surface area contributed by atoms with Gasteiger partial charge in [0.2, 0.25) is 11.0 Å². The molecule has 160 valence electrons. The van der Waals surface area contributed by atoms with Gasteiger partial charge in [-0.25, -0.2) is 4.79 Å². The Hall–Kier alpha value is -2.55. The number of hydrogen-bond donors (Lipinski definition) is 1. The quantitative estimate of drug-likeness (QED) is 0.807. The van der Waals surface area contributed by atoms with E-state index in [0.29, 0.717) is 43.6 Å². The molecule has 1 N–H and O–H groups in total. The van der Waals surface area contributed by atoms with Gasteiger partial charge in [0.25, 0.3) is 0 Å². The Morgan fingerprint density at radius 3 is 2.60 bits per heavy atom. The van der Waals surface area contributed by atoms with Crippen molar-refractivity contribution in [3.05, 3.63) is 35.1 Å². The first-order chi connectivity index (χ1) is 14.7. The molecule has 3 amide bonds. The van der Waals surface area contributed by atoms with E-state index in [0.717, 1.165) is 30.0 Å². The van der Waals surface area contributed by atoms with Crippen LogP contribution in [0.25, 0.3) is 0 Å². The monoisotopic (exact) mass is 428 g/mol. The minimum absolute atomic E-state index is 0.0530. The first-order valence-corrected chi connectivity index (χ1v) is 11.6. The van der Waals surface area contributed by atoms with Crippen molar-refractivity contribution in [1.29, 1.82) is 0 Å². The van der Waals surface area contributed by atoms with Crippen molar-refractivity contribution in [2.75, 3.05) is 31.5 Å². The number of hydrogen-bond acceptors (Lipinski definition) is 6. The van der Waals surface area contributed by atoms with Crippen LogP contribution < -0.4 is 5.32 Å². The highest BCUT2D eigenvalue weighted by Gasteiger charge is 2.24. The maximum absolute atomic E-state index is 12.7. The van der Waals surface area contributed by atoms with E-state index in [9.17, 15) is 9.59 Å². The normalized spacial score (nSPS) is 18.1. The molecule has 0 unspecified atom stereocenters. The molecule has 0 spiro atoms. The molecule has 2 aliphatic rings. The molecule has 0 aromatic carbocycles. The molecule has 0 radical (unpaired) electrons. The second-order valence-corrected chi connectivity index (χ2v) is 8.94.